The molecule has 0 radical (unpaired) electrons. The Morgan fingerprint density at radius 3 is 2.85 bits per heavy atom. The average molecular weight is 347 g/mol. The molecule has 130 valence electrons. The standard InChI is InChI=1S/C18H17N7O/c1-13(14-6-4-7-15(12-14)25-11-5-9-19-25)20-18(26)21-17-23-22-16-8-2-3-10-24(16)17/h2-13H,1H3,(H2,20,21,23,26)/t13-/m1/s1. The second-order valence-electron chi connectivity index (χ2n) is 5.82. The van der Waals surface area contributed by atoms with E-state index in [0.717, 1.165) is 11.3 Å². The summed E-state index contributed by atoms with van der Waals surface area (Å²) < 4.78 is 3.49. The van der Waals surface area contributed by atoms with Crippen molar-refractivity contribution in [3.63, 3.8) is 0 Å². The Balaban J connectivity index is 1.47. The van der Waals surface area contributed by atoms with Crippen LogP contribution in [0.25, 0.3) is 11.3 Å². The molecule has 8 heteroatoms. The summed E-state index contributed by atoms with van der Waals surface area (Å²) in [6.07, 6.45) is 5.40. The summed E-state index contributed by atoms with van der Waals surface area (Å²) in [5.74, 6) is 0.371. The van der Waals surface area contributed by atoms with Gasteiger partial charge in [0, 0.05) is 18.6 Å². The molecule has 1 atom stereocenters. The highest BCUT2D eigenvalue weighted by atomic mass is 16.2. The molecule has 4 rings (SSSR count). The van der Waals surface area contributed by atoms with Crippen LogP contribution in [0.4, 0.5) is 10.7 Å². The van der Waals surface area contributed by atoms with Crippen LogP contribution < -0.4 is 10.6 Å². The van der Waals surface area contributed by atoms with Gasteiger partial charge in [0.25, 0.3) is 0 Å². The molecule has 0 aliphatic heterocycles. The minimum absolute atomic E-state index is 0.190. The smallest absolute Gasteiger partial charge is 0.322 e. The fraction of sp³-hybridized carbons (Fsp3) is 0.111. The van der Waals surface area contributed by atoms with Crippen LogP contribution in [-0.4, -0.2) is 30.4 Å². The van der Waals surface area contributed by atoms with E-state index in [-0.39, 0.29) is 12.1 Å². The zero-order chi connectivity index (χ0) is 17.9. The van der Waals surface area contributed by atoms with Gasteiger partial charge in [0.1, 0.15) is 0 Å². The molecule has 0 aliphatic carbocycles. The number of hydrogen-bond acceptors (Lipinski definition) is 4. The highest BCUT2D eigenvalue weighted by molar-refractivity contribution is 5.88. The fourth-order valence-electron chi connectivity index (χ4n) is 2.70. The number of amides is 2. The molecule has 2 N–H and O–H groups in total. The van der Waals surface area contributed by atoms with Gasteiger partial charge in [-0.25, -0.2) is 9.48 Å². The maximum Gasteiger partial charge on any atom is 0.322 e. The third-order valence-electron chi connectivity index (χ3n) is 4.03. The van der Waals surface area contributed by atoms with Crippen molar-refractivity contribution < 1.29 is 4.79 Å². The van der Waals surface area contributed by atoms with Crippen LogP contribution in [0.1, 0.15) is 18.5 Å². The highest BCUT2D eigenvalue weighted by Crippen LogP contribution is 2.17. The number of carbonyl (C=O) groups excluding carboxylic acids is 1. The number of nitrogens with zero attached hydrogens (tertiary/aromatic N) is 5. The number of fused-ring (bicyclic) bond motifs is 1. The van der Waals surface area contributed by atoms with Gasteiger partial charge in [-0.1, -0.05) is 18.2 Å². The molecule has 0 bridgehead atoms. The number of pyridine rings is 1. The Kier molecular flexibility index (Phi) is 4.06. The first-order valence-electron chi connectivity index (χ1n) is 8.18. The third-order valence-corrected chi connectivity index (χ3v) is 4.03. The molecule has 4 aromatic rings. The number of benzene rings is 1. The molecule has 0 spiro atoms. The molecule has 3 heterocycles. The third kappa shape index (κ3) is 3.12. The van der Waals surface area contributed by atoms with Gasteiger partial charge in [0.2, 0.25) is 5.95 Å². The predicted molar refractivity (Wildman–Crippen MR) is 97.1 cm³/mol. The van der Waals surface area contributed by atoms with E-state index in [1.54, 1.807) is 21.5 Å². The van der Waals surface area contributed by atoms with Crippen LogP contribution in [0.3, 0.4) is 0 Å². The van der Waals surface area contributed by atoms with Crippen LogP contribution in [0.5, 0.6) is 0 Å². The van der Waals surface area contributed by atoms with E-state index in [4.69, 9.17) is 0 Å². The van der Waals surface area contributed by atoms with Crippen molar-refractivity contribution in [1.82, 2.24) is 29.7 Å². The van der Waals surface area contributed by atoms with Gasteiger partial charge in [0.15, 0.2) is 5.65 Å². The summed E-state index contributed by atoms with van der Waals surface area (Å²) in [4.78, 5) is 12.3. The normalized spacial score (nSPS) is 12.0. The van der Waals surface area contributed by atoms with Crippen LogP contribution in [0, 0.1) is 0 Å². The van der Waals surface area contributed by atoms with Crippen LogP contribution in [0.2, 0.25) is 0 Å². The largest absolute Gasteiger partial charge is 0.331 e. The summed E-state index contributed by atoms with van der Waals surface area (Å²) in [5.41, 5.74) is 2.58. The van der Waals surface area contributed by atoms with E-state index in [1.165, 1.54) is 0 Å². The van der Waals surface area contributed by atoms with Crippen molar-refractivity contribution in [2.24, 2.45) is 0 Å². The van der Waals surface area contributed by atoms with Gasteiger partial charge < -0.3 is 5.32 Å². The molecule has 0 unspecified atom stereocenters. The number of hydrogen-bond donors (Lipinski definition) is 2. The SMILES string of the molecule is C[C@@H](NC(=O)Nc1nnc2ccccn12)c1cccc(-n2cccn2)c1. The van der Waals surface area contributed by atoms with Gasteiger partial charge in [-0.15, -0.1) is 10.2 Å². The van der Waals surface area contributed by atoms with E-state index in [9.17, 15) is 4.79 Å². The number of aromatic nitrogens is 5. The number of nitrogens with one attached hydrogen (secondary N) is 2. The lowest BCUT2D eigenvalue weighted by Gasteiger charge is -2.15. The molecule has 0 fully saturated rings. The molecule has 1 aromatic carbocycles. The summed E-state index contributed by atoms with van der Waals surface area (Å²) >= 11 is 0. The zero-order valence-corrected chi connectivity index (χ0v) is 14.1. The minimum atomic E-state index is -0.347. The summed E-state index contributed by atoms with van der Waals surface area (Å²) in [5, 5.41) is 17.9. The number of urea groups is 1. The van der Waals surface area contributed by atoms with Gasteiger partial charge >= 0.3 is 6.03 Å². The van der Waals surface area contributed by atoms with E-state index in [0.29, 0.717) is 11.6 Å². The molecule has 0 saturated heterocycles. The van der Waals surface area contributed by atoms with Gasteiger partial charge in [-0.3, -0.25) is 9.72 Å². The van der Waals surface area contributed by atoms with Crippen LogP contribution >= 0.6 is 0 Å². The van der Waals surface area contributed by atoms with Crippen LogP contribution in [-0.2, 0) is 0 Å². The maximum atomic E-state index is 12.3. The molecular weight excluding hydrogens is 330 g/mol. The first kappa shape index (κ1) is 15.8. The Morgan fingerprint density at radius 2 is 2.00 bits per heavy atom. The van der Waals surface area contributed by atoms with E-state index in [1.807, 2.05) is 61.7 Å². The van der Waals surface area contributed by atoms with Gasteiger partial charge in [0.05, 0.1) is 11.7 Å². The lowest BCUT2D eigenvalue weighted by molar-refractivity contribution is 0.249. The van der Waals surface area contributed by atoms with E-state index < -0.39 is 0 Å². The second-order valence-corrected chi connectivity index (χ2v) is 5.82. The van der Waals surface area contributed by atoms with Crippen molar-refractivity contribution in [1.29, 1.82) is 0 Å². The monoisotopic (exact) mass is 347 g/mol. The Labute approximate surface area is 149 Å². The summed E-state index contributed by atoms with van der Waals surface area (Å²) in [7, 11) is 0. The van der Waals surface area contributed by atoms with Crippen molar-refractivity contribution in [3.8, 4) is 5.69 Å². The summed E-state index contributed by atoms with van der Waals surface area (Å²) in [6.45, 7) is 1.92. The first-order valence-corrected chi connectivity index (χ1v) is 8.18. The quantitative estimate of drug-likeness (QED) is 0.594. The van der Waals surface area contributed by atoms with Crippen molar-refractivity contribution in [2.75, 3.05) is 5.32 Å². The van der Waals surface area contributed by atoms with E-state index >= 15 is 0 Å². The Bertz CT molecular complexity index is 1040. The number of carbonyl (C=O) groups is 1. The van der Waals surface area contributed by atoms with Gasteiger partial charge in [-0.05, 0) is 42.8 Å². The highest BCUT2D eigenvalue weighted by Gasteiger charge is 2.13. The molecule has 26 heavy (non-hydrogen) atoms. The Hall–Kier alpha value is -3.68. The second kappa shape index (κ2) is 6.67. The molecule has 3 aromatic heterocycles. The Morgan fingerprint density at radius 1 is 1.08 bits per heavy atom. The fourth-order valence-corrected chi connectivity index (χ4v) is 2.70. The average Bonchev–Trinajstić information content (AvgIpc) is 3.32. The van der Waals surface area contributed by atoms with Crippen molar-refractivity contribution in [3.05, 3.63) is 72.7 Å². The minimum Gasteiger partial charge on any atom is -0.331 e. The van der Waals surface area contributed by atoms with Crippen molar-refractivity contribution >= 4 is 17.6 Å². The molecular formula is C18H17N7O. The van der Waals surface area contributed by atoms with E-state index in [2.05, 4.69) is 25.9 Å². The summed E-state index contributed by atoms with van der Waals surface area (Å²) in [6, 6.07) is 14.7. The molecule has 2 amide bonds. The zero-order valence-electron chi connectivity index (χ0n) is 14.1. The maximum absolute atomic E-state index is 12.3. The topological polar surface area (TPSA) is 89.1 Å². The van der Waals surface area contributed by atoms with Crippen LogP contribution in [0.15, 0.2) is 67.1 Å². The number of anilines is 1. The molecule has 8 nitrogen and oxygen atoms in total. The molecule has 0 aliphatic rings. The predicted octanol–water partition coefficient (Wildman–Crippen LogP) is 2.80. The lowest BCUT2D eigenvalue weighted by atomic mass is 10.1. The first-order chi connectivity index (χ1) is 12.7. The van der Waals surface area contributed by atoms with Gasteiger partial charge in [-0.2, -0.15) is 5.10 Å². The number of rotatable bonds is 4. The molecule has 0 saturated carbocycles. The van der Waals surface area contributed by atoms with Crippen molar-refractivity contribution in [2.45, 2.75) is 13.0 Å². The lowest BCUT2D eigenvalue weighted by Crippen LogP contribution is -2.31.